The van der Waals surface area contributed by atoms with Crippen molar-refractivity contribution in [3.63, 3.8) is 0 Å². The standard InChI is InChI=1S/C12H20F4O4S/c1-10(2,3)9(17)20-8-6-4-5-7-11(13,14)12(15,16)21(18)19/h4-8H2,1-3H3,(H,18,19). The Hall–Kier alpha value is -0.700. The monoisotopic (exact) mass is 336 g/mol. The zero-order valence-corrected chi connectivity index (χ0v) is 12.9. The summed E-state index contributed by atoms with van der Waals surface area (Å²) < 4.78 is 74.9. The number of esters is 1. The highest BCUT2D eigenvalue weighted by Gasteiger charge is 2.60. The maximum absolute atomic E-state index is 13.1. The van der Waals surface area contributed by atoms with Gasteiger partial charge >= 0.3 is 17.1 Å². The predicted octanol–water partition coefficient (Wildman–Crippen LogP) is 3.59. The Kier molecular flexibility index (Phi) is 7.28. The van der Waals surface area contributed by atoms with Gasteiger partial charge in [0.2, 0.25) is 11.1 Å². The van der Waals surface area contributed by atoms with Gasteiger partial charge in [0, 0.05) is 6.42 Å². The van der Waals surface area contributed by atoms with E-state index in [2.05, 4.69) is 0 Å². The average Bonchev–Trinajstić information content (AvgIpc) is 2.31. The van der Waals surface area contributed by atoms with E-state index < -0.39 is 40.1 Å². The molecule has 0 aliphatic carbocycles. The molecule has 4 nitrogen and oxygen atoms in total. The molecule has 0 fully saturated rings. The first-order chi connectivity index (χ1) is 9.32. The van der Waals surface area contributed by atoms with Gasteiger partial charge in [-0.25, -0.2) is 4.21 Å². The largest absolute Gasteiger partial charge is 0.465 e. The van der Waals surface area contributed by atoms with E-state index in [1.54, 1.807) is 20.8 Å². The third-order valence-electron chi connectivity index (χ3n) is 2.63. The molecular formula is C12H20F4O4S. The van der Waals surface area contributed by atoms with E-state index in [-0.39, 0.29) is 25.9 Å². The molecule has 0 bridgehead atoms. The van der Waals surface area contributed by atoms with Crippen molar-refractivity contribution in [3.8, 4) is 0 Å². The highest BCUT2D eigenvalue weighted by molar-refractivity contribution is 7.80. The quantitative estimate of drug-likeness (QED) is 0.318. The highest BCUT2D eigenvalue weighted by atomic mass is 32.2. The van der Waals surface area contributed by atoms with E-state index in [0.717, 1.165) is 0 Å². The van der Waals surface area contributed by atoms with E-state index in [4.69, 9.17) is 9.29 Å². The fourth-order valence-electron chi connectivity index (χ4n) is 1.28. The minimum Gasteiger partial charge on any atom is -0.465 e. The number of halogens is 4. The summed E-state index contributed by atoms with van der Waals surface area (Å²) in [4.78, 5) is 11.4. The average molecular weight is 336 g/mol. The molecule has 0 aromatic rings. The number of hydrogen-bond acceptors (Lipinski definition) is 3. The van der Waals surface area contributed by atoms with Crippen molar-refractivity contribution in [1.82, 2.24) is 0 Å². The molecule has 0 aliphatic heterocycles. The van der Waals surface area contributed by atoms with Gasteiger partial charge in [0.15, 0.2) is 0 Å². The van der Waals surface area contributed by atoms with E-state index in [9.17, 15) is 26.6 Å². The smallest absolute Gasteiger partial charge is 0.406 e. The van der Waals surface area contributed by atoms with Gasteiger partial charge < -0.3 is 9.29 Å². The van der Waals surface area contributed by atoms with Crippen LogP contribution in [0.5, 0.6) is 0 Å². The summed E-state index contributed by atoms with van der Waals surface area (Å²) in [5.74, 6) is -4.98. The van der Waals surface area contributed by atoms with Crippen LogP contribution < -0.4 is 0 Å². The second-order valence-corrected chi connectivity index (χ2v) is 6.68. The maximum atomic E-state index is 13.1. The van der Waals surface area contributed by atoms with E-state index in [0.29, 0.717) is 0 Å². The predicted molar refractivity (Wildman–Crippen MR) is 69.5 cm³/mol. The summed E-state index contributed by atoms with van der Waals surface area (Å²) >= 11 is -3.92. The van der Waals surface area contributed by atoms with Crippen LogP contribution in [0.1, 0.15) is 46.5 Å². The zero-order valence-electron chi connectivity index (χ0n) is 12.1. The molecule has 1 atom stereocenters. The first kappa shape index (κ1) is 20.3. The lowest BCUT2D eigenvalue weighted by Gasteiger charge is -2.23. The molecule has 0 aromatic heterocycles. The van der Waals surface area contributed by atoms with Crippen LogP contribution in [0.3, 0.4) is 0 Å². The lowest BCUT2D eigenvalue weighted by atomic mass is 9.97. The highest BCUT2D eigenvalue weighted by Crippen LogP contribution is 2.40. The van der Waals surface area contributed by atoms with Crippen molar-refractivity contribution >= 4 is 17.0 Å². The van der Waals surface area contributed by atoms with Gasteiger partial charge in [-0.2, -0.15) is 17.6 Å². The van der Waals surface area contributed by atoms with Crippen molar-refractivity contribution in [2.45, 2.75) is 57.6 Å². The summed E-state index contributed by atoms with van der Waals surface area (Å²) in [7, 11) is 0. The molecule has 0 aromatic carbocycles. The van der Waals surface area contributed by atoms with Gasteiger partial charge in [0.1, 0.15) is 0 Å². The van der Waals surface area contributed by atoms with Crippen LogP contribution in [0.4, 0.5) is 17.6 Å². The lowest BCUT2D eigenvalue weighted by Crippen LogP contribution is -2.43. The normalized spacial score (nSPS) is 14.9. The molecule has 21 heavy (non-hydrogen) atoms. The van der Waals surface area contributed by atoms with Gasteiger partial charge in [-0.3, -0.25) is 4.79 Å². The van der Waals surface area contributed by atoms with Crippen molar-refractivity contribution in [2.75, 3.05) is 6.61 Å². The second kappa shape index (κ2) is 7.53. The Balaban J connectivity index is 4.02. The van der Waals surface area contributed by atoms with Crippen LogP contribution in [0.25, 0.3) is 0 Å². The summed E-state index contributed by atoms with van der Waals surface area (Å²) in [5.41, 5.74) is -0.666. The Labute approximate surface area is 123 Å². The Morgan fingerprint density at radius 2 is 1.62 bits per heavy atom. The van der Waals surface area contributed by atoms with Crippen molar-refractivity contribution in [3.05, 3.63) is 0 Å². The molecule has 0 amide bonds. The SMILES string of the molecule is CC(C)(C)C(=O)OCCCCCC(F)(F)C(F)(F)S(=O)O. The Morgan fingerprint density at radius 3 is 2.05 bits per heavy atom. The number of unbranched alkanes of at least 4 members (excludes halogenated alkanes) is 2. The van der Waals surface area contributed by atoms with Gasteiger partial charge in [0.05, 0.1) is 12.0 Å². The van der Waals surface area contributed by atoms with Crippen LogP contribution in [0.2, 0.25) is 0 Å². The summed E-state index contributed by atoms with van der Waals surface area (Å²) in [6.07, 6.45) is -1.08. The third-order valence-corrected chi connectivity index (χ3v) is 3.36. The Morgan fingerprint density at radius 1 is 1.10 bits per heavy atom. The molecule has 0 saturated heterocycles. The van der Waals surface area contributed by atoms with E-state index in [1.807, 2.05) is 0 Å². The molecule has 0 heterocycles. The van der Waals surface area contributed by atoms with Crippen LogP contribution >= 0.6 is 0 Å². The summed E-state index contributed by atoms with van der Waals surface area (Å²) in [5, 5.41) is -4.97. The molecule has 0 saturated carbocycles. The number of alkyl halides is 4. The summed E-state index contributed by atoms with van der Waals surface area (Å²) in [6.45, 7) is 5.00. The third kappa shape index (κ3) is 6.29. The van der Waals surface area contributed by atoms with E-state index >= 15 is 0 Å². The minimum absolute atomic E-state index is 0.0179. The molecule has 1 unspecified atom stereocenters. The molecule has 0 radical (unpaired) electrons. The maximum Gasteiger partial charge on any atom is 0.406 e. The summed E-state index contributed by atoms with van der Waals surface area (Å²) in [6, 6.07) is 0. The molecular weight excluding hydrogens is 316 g/mol. The molecule has 126 valence electrons. The second-order valence-electron chi connectivity index (χ2n) is 5.67. The first-order valence-corrected chi connectivity index (χ1v) is 7.47. The number of hydrogen-bond donors (Lipinski definition) is 1. The lowest BCUT2D eigenvalue weighted by molar-refractivity contribution is -0.162. The van der Waals surface area contributed by atoms with Crippen molar-refractivity contribution in [2.24, 2.45) is 5.41 Å². The molecule has 1 N–H and O–H groups in total. The van der Waals surface area contributed by atoms with E-state index in [1.165, 1.54) is 0 Å². The minimum atomic E-state index is -4.97. The zero-order chi connectivity index (χ0) is 16.9. The fourth-order valence-corrected chi connectivity index (χ4v) is 1.64. The van der Waals surface area contributed by atoms with Crippen LogP contribution in [0.15, 0.2) is 0 Å². The van der Waals surface area contributed by atoms with Gasteiger partial charge in [-0.15, -0.1) is 0 Å². The van der Waals surface area contributed by atoms with Crippen molar-refractivity contribution < 1.29 is 35.9 Å². The molecule has 0 spiro atoms. The topological polar surface area (TPSA) is 63.6 Å². The fraction of sp³-hybridized carbons (Fsp3) is 0.917. The van der Waals surface area contributed by atoms with Gasteiger partial charge in [0.25, 0.3) is 0 Å². The van der Waals surface area contributed by atoms with Crippen LogP contribution in [0, 0.1) is 5.41 Å². The molecule has 0 rings (SSSR count). The molecule has 9 heteroatoms. The van der Waals surface area contributed by atoms with Crippen molar-refractivity contribution in [1.29, 1.82) is 0 Å². The number of carbonyl (C=O) groups excluding carboxylic acids is 1. The number of carbonyl (C=O) groups is 1. The van der Waals surface area contributed by atoms with Gasteiger partial charge in [-0.1, -0.05) is 0 Å². The first-order valence-electron chi connectivity index (χ1n) is 6.36. The number of ether oxygens (including phenoxy) is 1. The molecule has 0 aliphatic rings. The van der Waals surface area contributed by atoms with Gasteiger partial charge in [-0.05, 0) is 40.0 Å². The Bertz CT molecular complexity index is 380. The van der Waals surface area contributed by atoms with Crippen LogP contribution in [-0.4, -0.2) is 32.5 Å². The van der Waals surface area contributed by atoms with Crippen LogP contribution in [-0.2, 0) is 20.6 Å². The number of rotatable bonds is 8.